The standard InChI is InChI=1S/C17H27N/c1-4-18-12-17(15-7-5-6-8-15)16-10-13(2)9-14(3)11-16/h9-11,15,17-18H,4-8,12H2,1-3H3. The quantitative estimate of drug-likeness (QED) is 0.820. The minimum atomic E-state index is 0.714. The molecule has 1 saturated carbocycles. The van der Waals surface area contributed by atoms with E-state index in [4.69, 9.17) is 0 Å². The second kappa shape index (κ2) is 6.38. The summed E-state index contributed by atoms with van der Waals surface area (Å²) in [6.45, 7) is 8.86. The molecule has 18 heavy (non-hydrogen) atoms. The summed E-state index contributed by atoms with van der Waals surface area (Å²) in [5.41, 5.74) is 4.37. The highest BCUT2D eigenvalue weighted by Crippen LogP contribution is 2.37. The minimum Gasteiger partial charge on any atom is -0.316 e. The Bertz CT molecular complexity index is 357. The van der Waals surface area contributed by atoms with E-state index < -0.39 is 0 Å². The molecule has 1 N–H and O–H groups in total. The van der Waals surface area contributed by atoms with E-state index >= 15 is 0 Å². The van der Waals surface area contributed by atoms with Gasteiger partial charge in [0, 0.05) is 6.54 Å². The van der Waals surface area contributed by atoms with Gasteiger partial charge in [-0.25, -0.2) is 0 Å². The van der Waals surface area contributed by atoms with Gasteiger partial charge in [0.2, 0.25) is 0 Å². The molecule has 100 valence electrons. The van der Waals surface area contributed by atoms with Crippen molar-refractivity contribution in [2.75, 3.05) is 13.1 Å². The minimum absolute atomic E-state index is 0.714. The zero-order valence-electron chi connectivity index (χ0n) is 12.1. The first-order valence-electron chi connectivity index (χ1n) is 7.49. The monoisotopic (exact) mass is 245 g/mol. The average molecular weight is 245 g/mol. The van der Waals surface area contributed by atoms with Gasteiger partial charge in [-0.05, 0) is 50.6 Å². The molecule has 0 saturated heterocycles. The van der Waals surface area contributed by atoms with Crippen molar-refractivity contribution in [3.8, 4) is 0 Å². The third-order valence-corrected chi connectivity index (χ3v) is 4.26. The fourth-order valence-electron chi connectivity index (χ4n) is 3.44. The molecule has 0 spiro atoms. The first kappa shape index (κ1) is 13.6. The molecule has 2 rings (SSSR count). The van der Waals surface area contributed by atoms with Crippen molar-refractivity contribution >= 4 is 0 Å². The van der Waals surface area contributed by atoms with Crippen molar-refractivity contribution in [1.29, 1.82) is 0 Å². The Balaban J connectivity index is 2.20. The zero-order valence-corrected chi connectivity index (χ0v) is 12.1. The van der Waals surface area contributed by atoms with Crippen LogP contribution in [0.1, 0.15) is 55.2 Å². The van der Waals surface area contributed by atoms with E-state index in [1.54, 1.807) is 5.56 Å². The van der Waals surface area contributed by atoms with Crippen molar-refractivity contribution < 1.29 is 0 Å². The van der Waals surface area contributed by atoms with Crippen LogP contribution >= 0.6 is 0 Å². The highest BCUT2D eigenvalue weighted by Gasteiger charge is 2.26. The van der Waals surface area contributed by atoms with E-state index in [-0.39, 0.29) is 0 Å². The van der Waals surface area contributed by atoms with Crippen LogP contribution in [-0.2, 0) is 0 Å². The molecule has 1 nitrogen and oxygen atoms in total. The molecule has 1 fully saturated rings. The Hall–Kier alpha value is -0.820. The lowest BCUT2D eigenvalue weighted by Crippen LogP contribution is -2.25. The van der Waals surface area contributed by atoms with Gasteiger partial charge in [-0.1, -0.05) is 49.1 Å². The molecule has 0 bridgehead atoms. The van der Waals surface area contributed by atoms with E-state index in [1.165, 1.54) is 36.8 Å². The van der Waals surface area contributed by atoms with Crippen molar-refractivity contribution in [1.82, 2.24) is 5.32 Å². The Morgan fingerprint density at radius 1 is 1.11 bits per heavy atom. The molecule has 1 atom stereocenters. The molecule has 1 aliphatic rings. The highest BCUT2D eigenvalue weighted by atomic mass is 14.8. The molecule has 0 aliphatic heterocycles. The summed E-state index contributed by atoms with van der Waals surface area (Å²) in [7, 11) is 0. The van der Waals surface area contributed by atoms with Gasteiger partial charge in [0.05, 0.1) is 0 Å². The summed E-state index contributed by atoms with van der Waals surface area (Å²) in [4.78, 5) is 0. The molecule has 1 aliphatic carbocycles. The normalized spacial score (nSPS) is 18.2. The lowest BCUT2D eigenvalue weighted by Gasteiger charge is -2.25. The van der Waals surface area contributed by atoms with E-state index in [9.17, 15) is 0 Å². The second-order valence-electron chi connectivity index (χ2n) is 5.88. The van der Waals surface area contributed by atoms with Crippen LogP contribution in [0, 0.1) is 19.8 Å². The van der Waals surface area contributed by atoms with Crippen LogP contribution < -0.4 is 5.32 Å². The number of hydrogen-bond acceptors (Lipinski definition) is 1. The van der Waals surface area contributed by atoms with Crippen molar-refractivity contribution in [2.24, 2.45) is 5.92 Å². The summed E-state index contributed by atoms with van der Waals surface area (Å²) in [5, 5.41) is 3.56. The van der Waals surface area contributed by atoms with Crippen LogP contribution in [0.4, 0.5) is 0 Å². The SMILES string of the molecule is CCNCC(c1cc(C)cc(C)c1)C1CCCC1. The van der Waals surface area contributed by atoms with Gasteiger partial charge in [0.1, 0.15) is 0 Å². The maximum atomic E-state index is 3.56. The summed E-state index contributed by atoms with van der Waals surface area (Å²) in [6.07, 6.45) is 5.70. The molecule has 0 amide bonds. The van der Waals surface area contributed by atoms with Crippen LogP contribution in [0.15, 0.2) is 18.2 Å². The Labute approximate surface area is 112 Å². The van der Waals surface area contributed by atoms with E-state index in [2.05, 4.69) is 44.3 Å². The summed E-state index contributed by atoms with van der Waals surface area (Å²) in [6, 6.07) is 7.07. The lowest BCUT2D eigenvalue weighted by atomic mass is 9.83. The van der Waals surface area contributed by atoms with Gasteiger partial charge in [-0.3, -0.25) is 0 Å². The first-order valence-corrected chi connectivity index (χ1v) is 7.49. The van der Waals surface area contributed by atoms with Gasteiger partial charge in [-0.15, -0.1) is 0 Å². The number of rotatable bonds is 5. The van der Waals surface area contributed by atoms with Gasteiger partial charge < -0.3 is 5.32 Å². The van der Waals surface area contributed by atoms with Crippen LogP contribution in [-0.4, -0.2) is 13.1 Å². The van der Waals surface area contributed by atoms with E-state index in [1.807, 2.05) is 0 Å². The van der Waals surface area contributed by atoms with Crippen LogP contribution in [0.5, 0.6) is 0 Å². The zero-order chi connectivity index (χ0) is 13.0. The predicted octanol–water partition coefficient (Wildman–Crippen LogP) is 4.19. The number of likely N-dealkylation sites (N-methyl/N-ethyl adjacent to an activating group) is 1. The summed E-state index contributed by atoms with van der Waals surface area (Å²) >= 11 is 0. The average Bonchev–Trinajstić information content (AvgIpc) is 2.82. The Kier molecular flexibility index (Phi) is 4.82. The topological polar surface area (TPSA) is 12.0 Å². The summed E-state index contributed by atoms with van der Waals surface area (Å²) < 4.78 is 0. The largest absolute Gasteiger partial charge is 0.316 e. The molecule has 1 unspecified atom stereocenters. The highest BCUT2D eigenvalue weighted by molar-refractivity contribution is 5.31. The fraction of sp³-hybridized carbons (Fsp3) is 0.647. The third-order valence-electron chi connectivity index (χ3n) is 4.26. The van der Waals surface area contributed by atoms with Crippen molar-refractivity contribution in [3.63, 3.8) is 0 Å². The maximum Gasteiger partial charge on any atom is 0.00227 e. The summed E-state index contributed by atoms with van der Waals surface area (Å²) in [5.74, 6) is 1.61. The van der Waals surface area contributed by atoms with Gasteiger partial charge >= 0.3 is 0 Å². The molecule has 1 aromatic rings. The number of benzene rings is 1. The molecular formula is C17H27N. The molecule has 1 heteroatoms. The fourth-order valence-corrected chi connectivity index (χ4v) is 3.44. The predicted molar refractivity (Wildman–Crippen MR) is 79.2 cm³/mol. The Morgan fingerprint density at radius 3 is 2.28 bits per heavy atom. The third kappa shape index (κ3) is 3.35. The number of aryl methyl sites for hydroxylation is 2. The van der Waals surface area contributed by atoms with Crippen LogP contribution in [0.25, 0.3) is 0 Å². The molecule has 1 aromatic carbocycles. The molecule has 0 heterocycles. The second-order valence-corrected chi connectivity index (χ2v) is 5.88. The van der Waals surface area contributed by atoms with Gasteiger partial charge in [0.15, 0.2) is 0 Å². The molecule has 0 radical (unpaired) electrons. The Morgan fingerprint density at radius 2 is 1.72 bits per heavy atom. The molecular weight excluding hydrogens is 218 g/mol. The van der Waals surface area contributed by atoms with Gasteiger partial charge in [-0.2, -0.15) is 0 Å². The molecule has 0 aromatic heterocycles. The smallest absolute Gasteiger partial charge is 0.00227 e. The first-order chi connectivity index (χ1) is 8.70. The van der Waals surface area contributed by atoms with E-state index in [0.29, 0.717) is 5.92 Å². The van der Waals surface area contributed by atoms with Crippen LogP contribution in [0.3, 0.4) is 0 Å². The van der Waals surface area contributed by atoms with Crippen LogP contribution in [0.2, 0.25) is 0 Å². The lowest BCUT2D eigenvalue weighted by molar-refractivity contribution is 0.414. The van der Waals surface area contributed by atoms with Crippen molar-refractivity contribution in [3.05, 3.63) is 34.9 Å². The van der Waals surface area contributed by atoms with E-state index in [0.717, 1.165) is 19.0 Å². The van der Waals surface area contributed by atoms with Crippen molar-refractivity contribution in [2.45, 2.75) is 52.4 Å². The number of hydrogen-bond donors (Lipinski definition) is 1. The maximum absolute atomic E-state index is 3.56. The van der Waals surface area contributed by atoms with Gasteiger partial charge in [0.25, 0.3) is 0 Å². The number of nitrogens with one attached hydrogen (secondary N) is 1.